The number of piperidine rings is 1. The summed E-state index contributed by atoms with van der Waals surface area (Å²) in [5.74, 6) is 0.209. The van der Waals surface area contributed by atoms with Crippen molar-refractivity contribution >= 4 is 11.7 Å². The van der Waals surface area contributed by atoms with E-state index < -0.39 is 6.10 Å². The van der Waals surface area contributed by atoms with Gasteiger partial charge >= 0.3 is 0 Å². The van der Waals surface area contributed by atoms with E-state index in [-0.39, 0.29) is 12.5 Å². The largest absolute Gasteiger partial charge is 0.391 e. The third kappa shape index (κ3) is 2.48. The maximum Gasteiger partial charge on any atom is 0.246 e. The number of amides is 1. The van der Waals surface area contributed by atoms with Crippen LogP contribution in [-0.2, 0) is 11.3 Å². The monoisotopic (exact) mass is 225 g/mol. The first-order chi connectivity index (χ1) is 7.65. The van der Waals surface area contributed by atoms with Gasteiger partial charge < -0.3 is 15.7 Å². The Hall–Kier alpha value is -1.63. The van der Waals surface area contributed by atoms with Crippen LogP contribution in [-0.4, -0.2) is 50.1 Å². The number of aromatic nitrogens is 3. The number of nitrogens with zero attached hydrogens (tertiary/aromatic N) is 4. The maximum atomic E-state index is 11.8. The molecule has 7 nitrogen and oxygen atoms in total. The number of aliphatic hydroxyl groups excluding tert-OH is 1. The molecule has 0 saturated carbocycles. The Bertz CT molecular complexity index is 378. The number of hydrogen-bond donors (Lipinski definition) is 2. The molecule has 1 aromatic heterocycles. The molecule has 1 fully saturated rings. The molecule has 0 spiro atoms. The van der Waals surface area contributed by atoms with Gasteiger partial charge in [0.1, 0.15) is 6.54 Å². The highest BCUT2D eigenvalue weighted by Gasteiger charge is 2.22. The van der Waals surface area contributed by atoms with E-state index in [1.54, 1.807) is 4.90 Å². The van der Waals surface area contributed by atoms with Gasteiger partial charge in [0.25, 0.3) is 0 Å². The zero-order valence-corrected chi connectivity index (χ0v) is 8.91. The predicted molar refractivity (Wildman–Crippen MR) is 56.3 cm³/mol. The van der Waals surface area contributed by atoms with Crippen molar-refractivity contribution in [3.05, 3.63) is 6.20 Å². The molecule has 16 heavy (non-hydrogen) atoms. The highest BCUT2D eigenvalue weighted by molar-refractivity contribution is 5.75. The van der Waals surface area contributed by atoms with Crippen LogP contribution in [0.3, 0.4) is 0 Å². The van der Waals surface area contributed by atoms with E-state index in [1.807, 2.05) is 0 Å². The Labute approximate surface area is 92.8 Å². The van der Waals surface area contributed by atoms with Gasteiger partial charge in [-0.25, -0.2) is 0 Å². The van der Waals surface area contributed by atoms with Gasteiger partial charge in [-0.05, 0) is 12.8 Å². The van der Waals surface area contributed by atoms with E-state index in [0.29, 0.717) is 18.9 Å². The van der Waals surface area contributed by atoms with E-state index in [0.717, 1.165) is 12.8 Å². The van der Waals surface area contributed by atoms with Crippen molar-refractivity contribution in [2.24, 2.45) is 0 Å². The molecular weight excluding hydrogens is 210 g/mol. The molecule has 1 amide bonds. The molecule has 7 heteroatoms. The lowest BCUT2D eigenvalue weighted by atomic mass is 10.1. The zero-order valence-electron chi connectivity index (χ0n) is 8.91. The number of nitrogen functional groups attached to an aromatic ring is 1. The SMILES string of the molecule is Nc1cnn(CC(=O)N2CCCC(O)C2)n1. The molecular formula is C9H15N5O2. The number of carbonyl (C=O) groups is 1. The fourth-order valence-corrected chi connectivity index (χ4v) is 1.79. The fourth-order valence-electron chi connectivity index (χ4n) is 1.79. The third-order valence-electron chi connectivity index (χ3n) is 2.58. The minimum atomic E-state index is -0.409. The Morgan fingerprint density at radius 3 is 3.12 bits per heavy atom. The van der Waals surface area contributed by atoms with E-state index in [4.69, 9.17) is 5.73 Å². The number of aliphatic hydroxyl groups is 1. The Balaban J connectivity index is 1.92. The second kappa shape index (κ2) is 4.48. The van der Waals surface area contributed by atoms with Gasteiger partial charge in [0.2, 0.25) is 5.91 Å². The summed E-state index contributed by atoms with van der Waals surface area (Å²) >= 11 is 0. The van der Waals surface area contributed by atoms with Crippen molar-refractivity contribution in [2.45, 2.75) is 25.5 Å². The first-order valence-electron chi connectivity index (χ1n) is 5.26. The second-order valence-corrected chi connectivity index (χ2v) is 3.94. The predicted octanol–water partition coefficient (Wildman–Crippen LogP) is -1.16. The van der Waals surface area contributed by atoms with Crippen LogP contribution in [0.4, 0.5) is 5.82 Å². The number of hydrogen-bond acceptors (Lipinski definition) is 5. The molecule has 0 bridgehead atoms. The van der Waals surface area contributed by atoms with Crippen LogP contribution in [0.5, 0.6) is 0 Å². The molecule has 3 N–H and O–H groups in total. The molecule has 1 aliphatic heterocycles. The third-order valence-corrected chi connectivity index (χ3v) is 2.58. The van der Waals surface area contributed by atoms with Gasteiger partial charge in [-0.3, -0.25) is 4.79 Å². The van der Waals surface area contributed by atoms with Gasteiger partial charge in [0.15, 0.2) is 5.82 Å². The normalized spacial score (nSPS) is 21.1. The lowest BCUT2D eigenvalue weighted by Crippen LogP contribution is -2.43. The van der Waals surface area contributed by atoms with Crippen molar-refractivity contribution in [1.29, 1.82) is 0 Å². The standard InChI is InChI=1S/C9H15N5O2/c10-8-4-11-14(12-8)6-9(16)13-3-1-2-7(15)5-13/h4,7,15H,1-3,5-6H2,(H2,10,12). The van der Waals surface area contributed by atoms with E-state index >= 15 is 0 Å². The summed E-state index contributed by atoms with van der Waals surface area (Å²) in [5.41, 5.74) is 5.40. The van der Waals surface area contributed by atoms with Gasteiger partial charge in [-0.15, -0.1) is 5.10 Å². The number of rotatable bonds is 2. The van der Waals surface area contributed by atoms with E-state index in [2.05, 4.69) is 10.2 Å². The topological polar surface area (TPSA) is 97.3 Å². The molecule has 1 aromatic rings. The van der Waals surface area contributed by atoms with Crippen LogP contribution < -0.4 is 5.73 Å². The number of likely N-dealkylation sites (tertiary alicyclic amines) is 1. The smallest absolute Gasteiger partial charge is 0.246 e. The molecule has 88 valence electrons. The molecule has 0 aliphatic carbocycles. The number of carbonyl (C=O) groups excluding carboxylic acids is 1. The van der Waals surface area contributed by atoms with Gasteiger partial charge in [-0.2, -0.15) is 9.90 Å². The summed E-state index contributed by atoms with van der Waals surface area (Å²) in [6.07, 6.45) is 2.59. The first-order valence-corrected chi connectivity index (χ1v) is 5.26. The van der Waals surface area contributed by atoms with Gasteiger partial charge in [0.05, 0.1) is 12.3 Å². The molecule has 1 atom stereocenters. The number of nitrogens with two attached hydrogens (primary N) is 1. The van der Waals surface area contributed by atoms with Crippen molar-refractivity contribution in [3.8, 4) is 0 Å². The summed E-state index contributed by atoms with van der Waals surface area (Å²) in [5, 5.41) is 17.1. The molecule has 1 unspecified atom stereocenters. The van der Waals surface area contributed by atoms with Crippen LogP contribution in [0, 0.1) is 0 Å². The molecule has 0 radical (unpaired) electrons. The van der Waals surface area contributed by atoms with Crippen molar-refractivity contribution in [2.75, 3.05) is 18.8 Å². The Morgan fingerprint density at radius 2 is 2.50 bits per heavy atom. The molecule has 1 aliphatic rings. The summed E-state index contributed by atoms with van der Waals surface area (Å²) in [7, 11) is 0. The van der Waals surface area contributed by atoms with Crippen molar-refractivity contribution in [3.63, 3.8) is 0 Å². The van der Waals surface area contributed by atoms with Crippen LogP contribution >= 0.6 is 0 Å². The summed E-state index contributed by atoms with van der Waals surface area (Å²) < 4.78 is 0. The fraction of sp³-hybridized carbons (Fsp3) is 0.667. The van der Waals surface area contributed by atoms with Crippen molar-refractivity contribution < 1.29 is 9.90 Å². The van der Waals surface area contributed by atoms with Crippen LogP contribution in [0.25, 0.3) is 0 Å². The van der Waals surface area contributed by atoms with Crippen LogP contribution in [0.1, 0.15) is 12.8 Å². The molecule has 2 rings (SSSR count). The lowest BCUT2D eigenvalue weighted by Gasteiger charge is -2.29. The average Bonchev–Trinajstić information content (AvgIpc) is 2.64. The summed E-state index contributed by atoms with van der Waals surface area (Å²) in [4.78, 5) is 14.7. The lowest BCUT2D eigenvalue weighted by molar-refractivity contribution is -0.135. The Kier molecular flexibility index (Phi) is 3.04. The van der Waals surface area contributed by atoms with Gasteiger partial charge in [-0.1, -0.05) is 0 Å². The molecule has 1 saturated heterocycles. The molecule has 2 heterocycles. The number of β-amino-alcohol motifs (C(OH)–C–C–N with tert-alkyl or cyclic N) is 1. The van der Waals surface area contributed by atoms with Crippen LogP contribution in [0.2, 0.25) is 0 Å². The second-order valence-electron chi connectivity index (χ2n) is 3.94. The van der Waals surface area contributed by atoms with E-state index in [1.165, 1.54) is 11.0 Å². The molecule has 0 aromatic carbocycles. The maximum absolute atomic E-state index is 11.8. The number of anilines is 1. The minimum absolute atomic E-state index is 0.0733. The summed E-state index contributed by atoms with van der Waals surface area (Å²) in [6, 6.07) is 0. The average molecular weight is 225 g/mol. The highest BCUT2D eigenvalue weighted by Crippen LogP contribution is 2.10. The Morgan fingerprint density at radius 1 is 1.69 bits per heavy atom. The first kappa shape index (κ1) is 10.9. The highest BCUT2D eigenvalue weighted by atomic mass is 16.3. The van der Waals surface area contributed by atoms with Crippen LogP contribution in [0.15, 0.2) is 6.20 Å². The van der Waals surface area contributed by atoms with Gasteiger partial charge in [0, 0.05) is 13.1 Å². The zero-order chi connectivity index (χ0) is 11.5. The quantitative estimate of drug-likeness (QED) is 0.662. The summed E-state index contributed by atoms with van der Waals surface area (Å²) in [6.45, 7) is 1.16. The van der Waals surface area contributed by atoms with E-state index in [9.17, 15) is 9.90 Å². The minimum Gasteiger partial charge on any atom is -0.391 e. The van der Waals surface area contributed by atoms with Crippen molar-refractivity contribution in [1.82, 2.24) is 19.9 Å².